The van der Waals surface area contributed by atoms with Gasteiger partial charge < -0.3 is 15.6 Å². The van der Waals surface area contributed by atoms with E-state index in [2.05, 4.69) is 14.9 Å². The summed E-state index contributed by atoms with van der Waals surface area (Å²) < 4.78 is 0. The SMILES string of the molecule is Cc1ccc2c(N3CCC(N)CC3)nc(=O)[nH]c2c1. The van der Waals surface area contributed by atoms with Crippen LogP contribution in [0.15, 0.2) is 23.0 Å². The number of benzene rings is 1. The molecular weight excluding hydrogens is 240 g/mol. The molecule has 19 heavy (non-hydrogen) atoms. The Morgan fingerprint density at radius 3 is 2.84 bits per heavy atom. The Morgan fingerprint density at radius 1 is 1.37 bits per heavy atom. The second kappa shape index (κ2) is 4.66. The van der Waals surface area contributed by atoms with Gasteiger partial charge in [-0.2, -0.15) is 4.98 Å². The summed E-state index contributed by atoms with van der Waals surface area (Å²) in [5.74, 6) is 0.783. The molecule has 1 aliphatic heterocycles. The minimum absolute atomic E-state index is 0.270. The van der Waals surface area contributed by atoms with Gasteiger partial charge in [-0.25, -0.2) is 4.79 Å². The lowest BCUT2D eigenvalue weighted by molar-refractivity contribution is 0.499. The van der Waals surface area contributed by atoms with Crippen molar-refractivity contribution < 1.29 is 0 Å². The summed E-state index contributed by atoms with van der Waals surface area (Å²) in [6.45, 7) is 3.74. The number of rotatable bonds is 1. The average Bonchev–Trinajstić information content (AvgIpc) is 2.38. The van der Waals surface area contributed by atoms with E-state index < -0.39 is 0 Å². The molecule has 100 valence electrons. The minimum Gasteiger partial charge on any atom is -0.356 e. The lowest BCUT2D eigenvalue weighted by Gasteiger charge is -2.31. The van der Waals surface area contributed by atoms with Crippen molar-refractivity contribution in [3.8, 4) is 0 Å². The van der Waals surface area contributed by atoms with Crippen molar-refractivity contribution in [2.45, 2.75) is 25.8 Å². The predicted octanol–water partition coefficient (Wildman–Crippen LogP) is 1.16. The molecular formula is C14H18N4O. The highest BCUT2D eigenvalue weighted by atomic mass is 16.1. The number of nitrogens with zero attached hydrogens (tertiary/aromatic N) is 2. The van der Waals surface area contributed by atoms with Crippen LogP contribution in [0.5, 0.6) is 0 Å². The molecule has 0 atom stereocenters. The number of hydrogen-bond donors (Lipinski definition) is 2. The Kier molecular flexibility index (Phi) is 2.98. The van der Waals surface area contributed by atoms with Gasteiger partial charge in [0, 0.05) is 24.5 Å². The maximum absolute atomic E-state index is 11.7. The quantitative estimate of drug-likeness (QED) is 0.805. The van der Waals surface area contributed by atoms with Crippen molar-refractivity contribution in [3.63, 3.8) is 0 Å². The number of hydrogen-bond acceptors (Lipinski definition) is 4. The maximum atomic E-state index is 11.7. The van der Waals surface area contributed by atoms with Gasteiger partial charge in [0.25, 0.3) is 0 Å². The number of aryl methyl sites for hydroxylation is 1. The van der Waals surface area contributed by atoms with Crippen LogP contribution in [0.2, 0.25) is 0 Å². The zero-order valence-corrected chi connectivity index (χ0v) is 11.0. The number of fused-ring (bicyclic) bond motifs is 1. The monoisotopic (exact) mass is 258 g/mol. The Labute approximate surface area is 111 Å². The largest absolute Gasteiger partial charge is 0.356 e. The van der Waals surface area contributed by atoms with Gasteiger partial charge in [0.05, 0.1) is 5.52 Å². The highest BCUT2D eigenvalue weighted by molar-refractivity contribution is 5.89. The molecule has 0 amide bonds. The summed E-state index contributed by atoms with van der Waals surface area (Å²) in [5.41, 5.74) is 7.61. The van der Waals surface area contributed by atoms with Crippen molar-refractivity contribution in [1.82, 2.24) is 9.97 Å². The average molecular weight is 258 g/mol. The molecule has 2 aromatic rings. The molecule has 1 fully saturated rings. The molecule has 2 heterocycles. The first-order valence-corrected chi connectivity index (χ1v) is 6.65. The molecule has 0 bridgehead atoms. The van der Waals surface area contributed by atoms with Crippen LogP contribution < -0.4 is 16.3 Å². The fourth-order valence-electron chi connectivity index (χ4n) is 2.61. The Balaban J connectivity index is 2.09. The van der Waals surface area contributed by atoms with Crippen LogP contribution in [0.25, 0.3) is 10.9 Å². The van der Waals surface area contributed by atoms with E-state index in [9.17, 15) is 4.79 Å². The standard InChI is InChI=1S/C14H18N4O/c1-9-2-3-11-12(8-9)16-14(19)17-13(11)18-6-4-10(15)5-7-18/h2-3,8,10H,4-7,15H2,1H3,(H,16,17,19). The van der Waals surface area contributed by atoms with Crippen LogP contribution >= 0.6 is 0 Å². The van der Waals surface area contributed by atoms with Gasteiger partial charge in [0.2, 0.25) is 0 Å². The van der Waals surface area contributed by atoms with Gasteiger partial charge in [-0.3, -0.25) is 0 Å². The summed E-state index contributed by atoms with van der Waals surface area (Å²) in [6, 6.07) is 6.32. The second-order valence-electron chi connectivity index (χ2n) is 5.24. The van der Waals surface area contributed by atoms with Gasteiger partial charge >= 0.3 is 5.69 Å². The van der Waals surface area contributed by atoms with Crippen LogP contribution in [0, 0.1) is 6.92 Å². The van der Waals surface area contributed by atoms with Gasteiger partial charge in [0.15, 0.2) is 0 Å². The molecule has 0 spiro atoms. The summed E-state index contributed by atoms with van der Waals surface area (Å²) in [5, 5.41) is 1.00. The number of nitrogens with two attached hydrogens (primary N) is 1. The lowest BCUT2D eigenvalue weighted by Crippen LogP contribution is -2.40. The van der Waals surface area contributed by atoms with E-state index in [1.54, 1.807) is 0 Å². The minimum atomic E-state index is -0.289. The van der Waals surface area contributed by atoms with E-state index in [1.165, 1.54) is 0 Å². The van der Waals surface area contributed by atoms with E-state index in [4.69, 9.17) is 5.73 Å². The second-order valence-corrected chi connectivity index (χ2v) is 5.24. The fourth-order valence-corrected chi connectivity index (χ4v) is 2.61. The van der Waals surface area contributed by atoms with Crippen LogP contribution in [-0.2, 0) is 0 Å². The van der Waals surface area contributed by atoms with E-state index in [0.29, 0.717) is 0 Å². The Bertz CT molecular complexity index is 656. The van der Waals surface area contributed by atoms with Gasteiger partial charge in [0.1, 0.15) is 5.82 Å². The Hall–Kier alpha value is -1.88. The molecule has 0 unspecified atom stereocenters. The fraction of sp³-hybridized carbons (Fsp3) is 0.429. The van der Waals surface area contributed by atoms with E-state index >= 15 is 0 Å². The third-order valence-corrected chi connectivity index (χ3v) is 3.70. The topological polar surface area (TPSA) is 75.0 Å². The third-order valence-electron chi connectivity index (χ3n) is 3.70. The van der Waals surface area contributed by atoms with Crippen LogP contribution in [0.3, 0.4) is 0 Å². The highest BCUT2D eigenvalue weighted by Crippen LogP contribution is 2.24. The van der Waals surface area contributed by atoms with E-state index in [0.717, 1.165) is 48.2 Å². The van der Waals surface area contributed by atoms with Crippen molar-refractivity contribution >= 4 is 16.7 Å². The number of anilines is 1. The Morgan fingerprint density at radius 2 is 2.11 bits per heavy atom. The number of aromatic nitrogens is 2. The third kappa shape index (κ3) is 2.33. The lowest BCUT2D eigenvalue weighted by atomic mass is 10.1. The predicted molar refractivity (Wildman–Crippen MR) is 76.5 cm³/mol. The molecule has 3 N–H and O–H groups in total. The number of H-pyrrole nitrogens is 1. The van der Waals surface area contributed by atoms with Gasteiger partial charge in [-0.1, -0.05) is 6.07 Å². The van der Waals surface area contributed by atoms with E-state index in [1.807, 2.05) is 25.1 Å². The zero-order valence-electron chi connectivity index (χ0n) is 11.0. The van der Waals surface area contributed by atoms with Crippen molar-refractivity contribution in [2.24, 2.45) is 5.73 Å². The highest BCUT2D eigenvalue weighted by Gasteiger charge is 2.19. The van der Waals surface area contributed by atoms with Crippen LogP contribution in [0.1, 0.15) is 18.4 Å². The van der Waals surface area contributed by atoms with Gasteiger partial charge in [-0.05, 0) is 37.5 Å². The zero-order chi connectivity index (χ0) is 13.4. The smallest absolute Gasteiger partial charge is 0.347 e. The van der Waals surface area contributed by atoms with Crippen LogP contribution in [0.4, 0.5) is 5.82 Å². The summed E-state index contributed by atoms with van der Waals surface area (Å²) in [6.07, 6.45) is 1.89. The van der Waals surface area contributed by atoms with Crippen LogP contribution in [-0.4, -0.2) is 29.1 Å². The maximum Gasteiger partial charge on any atom is 0.347 e. The molecule has 1 saturated heterocycles. The molecule has 1 aromatic heterocycles. The molecule has 5 heteroatoms. The molecule has 0 saturated carbocycles. The molecule has 3 rings (SSSR count). The number of piperidine rings is 1. The van der Waals surface area contributed by atoms with Crippen molar-refractivity contribution in [2.75, 3.05) is 18.0 Å². The number of aromatic amines is 1. The van der Waals surface area contributed by atoms with Crippen molar-refractivity contribution in [1.29, 1.82) is 0 Å². The molecule has 0 radical (unpaired) electrons. The first-order chi connectivity index (χ1) is 9.13. The molecule has 0 aliphatic carbocycles. The summed E-state index contributed by atoms with van der Waals surface area (Å²) >= 11 is 0. The van der Waals surface area contributed by atoms with E-state index in [-0.39, 0.29) is 11.7 Å². The molecule has 5 nitrogen and oxygen atoms in total. The first kappa shape index (κ1) is 12.2. The molecule has 1 aromatic carbocycles. The van der Waals surface area contributed by atoms with Crippen molar-refractivity contribution in [3.05, 3.63) is 34.2 Å². The normalized spacial score (nSPS) is 17.1. The summed E-state index contributed by atoms with van der Waals surface area (Å²) in [4.78, 5) is 20.8. The van der Waals surface area contributed by atoms with Gasteiger partial charge in [-0.15, -0.1) is 0 Å². The first-order valence-electron chi connectivity index (χ1n) is 6.65. The molecule has 1 aliphatic rings. The number of nitrogens with one attached hydrogen (secondary N) is 1. The summed E-state index contributed by atoms with van der Waals surface area (Å²) in [7, 11) is 0.